The van der Waals surface area contributed by atoms with Gasteiger partial charge in [-0.25, -0.2) is 0 Å². The Morgan fingerprint density at radius 2 is 1.84 bits per heavy atom. The van der Waals surface area contributed by atoms with E-state index in [0.717, 1.165) is 27.9 Å². The Balaban J connectivity index is 1.62. The minimum absolute atomic E-state index is 0.0307. The number of thioether (sulfide) groups is 1. The molecular formula is C23H18N2O4S2. The molecule has 1 saturated heterocycles. The lowest BCUT2D eigenvalue weighted by Crippen LogP contribution is -2.28. The third-order valence-electron chi connectivity index (χ3n) is 4.97. The van der Waals surface area contributed by atoms with E-state index < -0.39 is 4.92 Å². The predicted octanol–water partition coefficient (Wildman–Crippen LogP) is 6.19. The average molecular weight is 451 g/mol. The minimum Gasteiger partial charge on any atom is -0.457 e. The number of hydrogen-bond donors (Lipinski definition) is 0. The number of amides is 1. The van der Waals surface area contributed by atoms with Crippen LogP contribution < -0.4 is 4.90 Å². The summed E-state index contributed by atoms with van der Waals surface area (Å²) in [5.74, 6) is 0.892. The van der Waals surface area contributed by atoms with Crippen LogP contribution in [0.15, 0.2) is 57.9 Å². The first kappa shape index (κ1) is 21.0. The SMILES string of the molecule is Cc1ccc(N2C(=O)/C(=C\c3ccc(-c4ccc([N+](=O)[O-])cc4C)o3)SC2=S)c(C)c1. The summed E-state index contributed by atoms with van der Waals surface area (Å²) in [4.78, 5) is 25.6. The summed E-state index contributed by atoms with van der Waals surface area (Å²) >= 11 is 6.69. The molecule has 156 valence electrons. The number of nitrogens with zero attached hydrogens (tertiary/aromatic N) is 2. The predicted molar refractivity (Wildman–Crippen MR) is 127 cm³/mol. The number of carbonyl (C=O) groups excluding carboxylic acids is 1. The fraction of sp³-hybridized carbons (Fsp3) is 0.130. The van der Waals surface area contributed by atoms with Crippen molar-refractivity contribution in [1.29, 1.82) is 0 Å². The van der Waals surface area contributed by atoms with E-state index in [-0.39, 0.29) is 11.6 Å². The second-order valence-corrected chi connectivity index (χ2v) is 8.94. The standard InChI is InChI=1S/C23H18N2O4S2/c1-13-4-8-19(15(3)10-13)24-22(26)21(31-23(24)30)12-17-6-9-20(29-17)18-7-5-16(25(27)28)11-14(18)2/h4-12H,1-3H3/b21-12+. The maximum Gasteiger partial charge on any atom is 0.270 e. The molecule has 6 nitrogen and oxygen atoms in total. The van der Waals surface area contributed by atoms with Crippen LogP contribution in [0.3, 0.4) is 0 Å². The van der Waals surface area contributed by atoms with Crippen LogP contribution in [0.5, 0.6) is 0 Å². The number of carbonyl (C=O) groups is 1. The van der Waals surface area contributed by atoms with Gasteiger partial charge < -0.3 is 4.42 Å². The number of non-ortho nitro benzene ring substituents is 1. The van der Waals surface area contributed by atoms with E-state index in [9.17, 15) is 14.9 Å². The molecule has 1 aliphatic heterocycles. The molecule has 0 N–H and O–H groups in total. The van der Waals surface area contributed by atoms with Crippen LogP contribution in [0.25, 0.3) is 17.4 Å². The molecule has 2 heterocycles. The number of benzene rings is 2. The first-order valence-electron chi connectivity index (χ1n) is 9.45. The number of furan rings is 1. The number of nitro benzene ring substituents is 1. The van der Waals surface area contributed by atoms with Gasteiger partial charge in [0.25, 0.3) is 11.6 Å². The lowest BCUT2D eigenvalue weighted by atomic mass is 10.1. The minimum atomic E-state index is -0.428. The highest BCUT2D eigenvalue weighted by Crippen LogP contribution is 2.38. The van der Waals surface area contributed by atoms with Crippen molar-refractivity contribution in [2.24, 2.45) is 0 Å². The lowest BCUT2D eigenvalue weighted by Gasteiger charge is -2.17. The first-order chi connectivity index (χ1) is 14.7. The van der Waals surface area contributed by atoms with Gasteiger partial charge in [-0.2, -0.15) is 0 Å². The number of hydrogen-bond acceptors (Lipinski definition) is 6. The van der Waals surface area contributed by atoms with Gasteiger partial charge in [-0.15, -0.1) is 0 Å². The fourth-order valence-electron chi connectivity index (χ4n) is 3.47. The molecule has 0 unspecified atom stereocenters. The molecule has 1 aromatic heterocycles. The Morgan fingerprint density at radius 1 is 1.06 bits per heavy atom. The van der Waals surface area contributed by atoms with E-state index in [1.54, 1.807) is 36.1 Å². The van der Waals surface area contributed by atoms with Gasteiger partial charge in [0.15, 0.2) is 4.32 Å². The molecule has 0 radical (unpaired) electrons. The van der Waals surface area contributed by atoms with Crippen LogP contribution in [0.1, 0.15) is 22.5 Å². The molecule has 0 aliphatic carbocycles. The summed E-state index contributed by atoms with van der Waals surface area (Å²) < 4.78 is 6.38. The average Bonchev–Trinajstić information content (AvgIpc) is 3.27. The van der Waals surface area contributed by atoms with E-state index in [0.29, 0.717) is 20.7 Å². The Labute approximate surface area is 188 Å². The molecule has 31 heavy (non-hydrogen) atoms. The van der Waals surface area contributed by atoms with Gasteiger partial charge >= 0.3 is 0 Å². The quantitative estimate of drug-likeness (QED) is 0.204. The van der Waals surface area contributed by atoms with Gasteiger partial charge in [-0.1, -0.05) is 41.7 Å². The fourth-order valence-corrected chi connectivity index (χ4v) is 4.74. The van der Waals surface area contributed by atoms with Gasteiger partial charge in [-0.05, 0) is 56.2 Å². The summed E-state index contributed by atoms with van der Waals surface area (Å²) in [5, 5.41) is 10.9. The van der Waals surface area contributed by atoms with Crippen molar-refractivity contribution in [1.82, 2.24) is 0 Å². The highest BCUT2D eigenvalue weighted by molar-refractivity contribution is 8.27. The number of thiocarbonyl (C=S) groups is 1. The maximum atomic E-state index is 13.0. The monoisotopic (exact) mass is 450 g/mol. The summed E-state index contributed by atoms with van der Waals surface area (Å²) in [6.07, 6.45) is 1.67. The molecule has 4 rings (SSSR count). The summed E-state index contributed by atoms with van der Waals surface area (Å²) in [7, 11) is 0. The molecule has 1 fully saturated rings. The van der Waals surface area contributed by atoms with Crippen molar-refractivity contribution >= 4 is 51.7 Å². The highest BCUT2D eigenvalue weighted by atomic mass is 32.2. The van der Waals surface area contributed by atoms with E-state index >= 15 is 0 Å². The smallest absolute Gasteiger partial charge is 0.270 e. The first-order valence-corrected chi connectivity index (χ1v) is 10.7. The van der Waals surface area contributed by atoms with Crippen LogP contribution >= 0.6 is 24.0 Å². The Kier molecular flexibility index (Phi) is 5.51. The van der Waals surface area contributed by atoms with E-state index in [1.807, 2.05) is 32.0 Å². The van der Waals surface area contributed by atoms with Gasteiger partial charge in [0.05, 0.1) is 15.5 Å². The van der Waals surface area contributed by atoms with Crippen molar-refractivity contribution < 1.29 is 14.1 Å². The zero-order valence-electron chi connectivity index (χ0n) is 17.0. The van der Waals surface area contributed by atoms with Crippen molar-refractivity contribution in [3.8, 4) is 11.3 Å². The number of anilines is 1. The molecule has 0 saturated carbocycles. The molecule has 0 atom stereocenters. The van der Waals surface area contributed by atoms with Crippen molar-refractivity contribution in [3.63, 3.8) is 0 Å². The Morgan fingerprint density at radius 3 is 2.52 bits per heavy atom. The molecule has 1 aliphatic rings. The largest absolute Gasteiger partial charge is 0.457 e. The van der Waals surface area contributed by atoms with Crippen LogP contribution in [0.2, 0.25) is 0 Å². The van der Waals surface area contributed by atoms with Crippen LogP contribution in [0.4, 0.5) is 11.4 Å². The third-order valence-corrected chi connectivity index (χ3v) is 6.28. The normalized spacial score (nSPS) is 15.2. The molecule has 2 aromatic carbocycles. The van der Waals surface area contributed by atoms with Gasteiger partial charge in [0, 0.05) is 23.8 Å². The van der Waals surface area contributed by atoms with Gasteiger partial charge in [0.1, 0.15) is 11.5 Å². The topological polar surface area (TPSA) is 76.6 Å². The van der Waals surface area contributed by atoms with E-state index in [4.69, 9.17) is 16.6 Å². The molecule has 1 amide bonds. The number of nitro groups is 1. The van der Waals surface area contributed by atoms with Crippen LogP contribution in [-0.4, -0.2) is 15.2 Å². The Hall–Kier alpha value is -3.23. The van der Waals surface area contributed by atoms with Crippen molar-refractivity contribution in [2.75, 3.05) is 4.90 Å². The van der Waals surface area contributed by atoms with Crippen LogP contribution in [-0.2, 0) is 4.79 Å². The highest BCUT2D eigenvalue weighted by Gasteiger charge is 2.34. The van der Waals surface area contributed by atoms with Gasteiger partial charge in [0.2, 0.25) is 0 Å². The molecule has 8 heteroatoms. The summed E-state index contributed by atoms with van der Waals surface area (Å²) in [6.45, 7) is 5.75. The number of aryl methyl sites for hydroxylation is 3. The second kappa shape index (κ2) is 8.13. The van der Waals surface area contributed by atoms with Crippen molar-refractivity contribution in [2.45, 2.75) is 20.8 Å². The zero-order chi connectivity index (χ0) is 22.3. The second-order valence-electron chi connectivity index (χ2n) is 7.27. The van der Waals surface area contributed by atoms with E-state index in [2.05, 4.69) is 0 Å². The van der Waals surface area contributed by atoms with Gasteiger partial charge in [-0.3, -0.25) is 19.8 Å². The number of rotatable bonds is 4. The third kappa shape index (κ3) is 4.04. The maximum absolute atomic E-state index is 13.0. The van der Waals surface area contributed by atoms with Crippen molar-refractivity contribution in [3.05, 3.63) is 86.0 Å². The summed E-state index contributed by atoms with van der Waals surface area (Å²) in [6, 6.07) is 14.0. The lowest BCUT2D eigenvalue weighted by molar-refractivity contribution is -0.384. The molecule has 3 aromatic rings. The Bertz CT molecular complexity index is 1280. The molecule has 0 bridgehead atoms. The van der Waals surface area contributed by atoms with Crippen LogP contribution in [0, 0.1) is 30.9 Å². The molecular weight excluding hydrogens is 432 g/mol. The van der Waals surface area contributed by atoms with E-state index in [1.165, 1.54) is 23.9 Å². The summed E-state index contributed by atoms with van der Waals surface area (Å²) in [5.41, 5.74) is 4.39. The molecule has 0 spiro atoms. The zero-order valence-corrected chi connectivity index (χ0v) is 18.7.